The summed E-state index contributed by atoms with van der Waals surface area (Å²) in [6.45, 7) is 7.67. The molecule has 2 atom stereocenters. The van der Waals surface area contributed by atoms with E-state index in [-0.39, 0.29) is 17.6 Å². The summed E-state index contributed by atoms with van der Waals surface area (Å²) in [6.07, 6.45) is 1.80. The summed E-state index contributed by atoms with van der Waals surface area (Å²) in [7, 11) is 0. The van der Waals surface area contributed by atoms with Crippen LogP contribution >= 0.6 is 0 Å². The smallest absolute Gasteiger partial charge is 0.387 e. The maximum atomic E-state index is 12.7. The third-order valence-corrected chi connectivity index (χ3v) is 6.30. The SMILES string of the molecule is C[C@H]1C[C@H](C)CN(C(=O)CN2CCN(CC(=O)NCCc3ccc(OC(F)F)cc3)CC2)C1. The summed E-state index contributed by atoms with van der Waals surface area (Å²) < 4.78 is 28.7. The van der Waals surface area contributed by atoms with Gasteiger partial charge in [0.05, 0.1) is 13.1 Å². The molecular weight excluding hydrogens is 430 g/mol. The van der Waals surface area contributed by atoms with Crippen molar-refractivity contribution in [3.63, 3.8) is 0 Å². The zero-order chi connectivity index (χ0) is 23.8. The number of halogens is 2. The molecule has 3 rings (SSSR count). The molecule has 2 heterocycles. The van der Waals surface area contributed by atoms with Gasteiger partial charge in [-0.1, -0.05) is 26.0 Å². The average molecular weight is 467 g/mol. The van der Waals surface area contributed by atoms with Gasteiger partial charge in [0.25, 0.3) is 0 Å². The summed E-state index contributed by atoms with van der Waals surface area (Å²) >= 11 is 0. The molecule has 2 aliphatic heterocycles. The molecule has 2 aliphatic rings. The van der Waals surface area contributed by atoms with Gasteiger partial charge < -0.3 is 15.0 Å². The molecular formula is C24H36F2N4O3. The van der Waals surface area contributed by atoms with Crippen molar-refractivity contribution in [1.82, 2.24) is 20.0 Å². The van der Waals surface area contributed by atoms with Crippen LogP contribution in [0, 0.1) is 11.8 Å². The molecule has 1 aromatic carbocycles. The lowest BCUT2D eigenvalue weighted by Crippen LogP contribution is -2.53. The minimum Gasteiger partial charge on any atom is -0.435 e. The molecule has 2 saturated heterocycles. The summed E-state index contributed by atoms with van der Waals surface area (Å²) in [5.41, 5.74) is 0.938. The number of carbonyl (C=O) groups excluding carboxylic acids is 2. The zero-order valence-corrected chi connectivity index (χ0v) is 19.6. The van der Waals surface area contributed by atoms with Gasteiger partial charge in [0.2, 0.25) is 11.8 Å². The molecule has 7 nitrogen and oxygen atoms in total. The predicted octanol–water partition coefficient (Wildman–Crippen LogP) is 2.07. The van der Waals surface area contributed by atoms with E-state index in [0.717, 1.165) is 44.8 Å². The Balaban J connectivity index is 1.30. The van der Waals surface area contributed by atoms with Crippen LogP contribution in [0.1, 0.15) is 25.8 Å². The number of hydrogen-bond acceptors (Lipinski definition) is 5. The Morgan fingerprint density at radius 3 is 2.15 bits per heavy atom. The summed E-state index contributed by atoms with van der Waals surface area (Å²) in [5.74, 6) is 1.43. The van der Waals surface area contributed by atoms with Crippen molar-refractivity contribution in [3.05, 3.63) is 29.8 Å². The largest absolute Gasteiger partial charge is 0.435 e. The van der Waals surface area contributed by atoms with Crippen LogP contribution in [-0.4, -0.2) is 92.0 Å². The van der Waals surface area contributed by atoms with E-state index in [1.165, 1.54) is 18.6 Å². The maximum Gasteiger partial charge on any atom is 0.387 e. The lowest BCUT2D eigenvalue weighted by molar-refractivity contribution is -0.135. The number of alkyl halides is 2. The Morgan fingerprint density at radius 2 is 1.58 bits per heavy atom. The normalized spacial score (nSPS) is 22.4. The highest BCUT2D eigenvalue weighted by Gasteiger charge is 2.27. The van der Waals surface area contributed by atoms with E-state index < -0.39 is 6.61 Å². The van der Waals surface area contributed by atoms with E-state index in [4.69, 9.17) is 0 Å². The highest BCUT2D eigenvalue weighted by Crippen LogP contribution is 2.21. The first kappa shape index (κ1) is 25.4. The van der Waals surface area contributed by atoms with Gasteiger partial charge in [0, 0.05) is 45.8 Å². The third-order valence-electron chi connectivity index (χ3n) is 6.30. The Hall–Kier alpha value is -2.26. The Bertz CT molecular complexity index is 759. The zero-order valence-electron chi connectivity index (χ0n) is 19.6. The number of likely N-dealkylation sites (tertiary alicyclic amines) is 1. The highest BCUT2D eigenvalue weighted by atomic mass is 19.3. The van der Waals surface area contributed by atoms with Crippen LogP contribution in [-0.2, 0) is 16.0 Å². The van der Waals surface area contributed by atoms with Crippen molar-refractivity contribution >= 4 is 11.8 Å². The summed E-state index contributed by atoms with van der Waals surface area (Å²) in [6, 6.07) is 6.44. The van der Waals surface area contributed by atoms with Crippen molar-refractivity contribution in [2.75, 3.05) is 58.9 Å². The van der Waals surface area contributed by atoms with Gasteiger partial charge in [0.15, 0.2) is 0 Å². The summed E-state index contributed by atoms with van der Waals surface area (Å²) in [4.78, 5) is 31.3. The number of ether oxygens (including phenoxy) is 1. The molecule has 33 heavy (non-hydrogen) atoms. The molecule has 1 aromatic rings. The molecule has 0 radical (unpaired) electrons. The second-order valence-electron chi connectivity index (χ2n) is 9.42. The van der Waals surface area contributed by atoms with E-state index >= 15 is 0 Å². The van der Waals surface area contributed by atoms with Gasteiger partial charge in [0.1, 0.15) is 5.75 Å². The molecule has 1 N–H and O–H groups in total. The Labute approximate surface area is 195 Å². The lowest BCUT2D eigenvalue weighted by Gasteiger charge is -2.38. The monoisotopic (exact) mass is 466 g/mol. The van der Waals surface area contributed by atoms with Gasteiger partial charge in [-0.3, -0.25) is 19.4 Å². The van der Waals surface area contributed by atoms with Crippen molar-refractivity contribution in [2.24, 2.45) is 11.8 Å². The molecule has 184 valence electrons. The van der Waals surface area contributed by atoms with E-state index in [1.54, 1.807) is 12.1 Å². The molecule has 0 aromatic heterocycles. The Kier molecular flexibility index (Phi) is 9.43. The molecule has 0 unspecified atom stereocenters. The van der Waals surface area contributed by atoms with Gasteiger partial charge in [-0.05, 0) is 42.4 Å². The van der Waals surface area contributed by atoms with E-state index in [9.17, 15) is 18.4 Å². The second-order valence-corrected chi connectivity index (χ2v) is 9.42. The second kappa shape index (κ2) is 12.3. The quantitative estimate of drug-likeness (QED) is 0.604. The van der Waals surface area contributed by atoms with Crippen molar-refractivity contribution in [1.29, 1.82) is 0 Å². The minimum atomic E-state index is -2.83. The van der Waals surface area contributed by atoms with E-state index in [1.807, 2.05) is 4.90 Å². The number of piperidine rings is 1. The standard InChI is InChI=1S/C24H36F2N4O3/c1-18-13-19(2)15-30(14-18)23(32)17-29-11-9-28(10-12-29)16-22(31)27-8-7-20-3-5-21(6-4-20)33-24(25)26/h3-6,18-19,24H,7-17H2,1-2H3,(H,27,31)/t18-,19-/m0/s1. The maximum absolute atomic E-state index is 12.7. The van der Waals surface area contributed by atoms with Crippen LogP contribution in [0.4, 0.5) is 8.78 Å². The molecule has 9 heteroatoms. The summed E-state index contributed by atoms with van der Waals surface area (Å²) in [5, 5.41) is 2.91. The number of carbonyl (C=O) groups is 2. The van der Waals surface area contributed by atoms with Crippen LogP contribution in [0.15, 0.2) is 24.3 Å². The molecule has 0 aliphatic carbocycles. The fourth-order valence-electron chi connectivity index (χ4n) is 4.71. The van der Waals surface area contributed by atoms with Gasteiger partial charge in [-0.25, -0.2) is 0 Å². The fourth-order valence-corrected chi connectivity index (χ4v) is 4.71. The number of piperazine rings is 1. The molecule has 0 spiro atoms. The van der Waals surface area contributed by atoms with Gasteiger partial charge in [-0.2, -0.15) is 8.78 Å². The van der Waals surface area contributed by atoms with Crippen LogP contribution in [0.5, 0.6) is 5.75 Å². The fraction of sp³-hybridized carbons (Fsp3) is 0.667. The number of nitrogens with one attached hydrogen (secondary N) is 1. The highest BCUT2D eigenvalue weighted by molar-refractivity contribution is 5.78. The molecule has 2 amide bonds. The van der Waals surface area contributed by atoms with E-state index in [2.05, 4.69) is 33.7 Å². The molecule has 2 fully saturated rings. The predicted molar refractivity (Wildman–Crippen MR) is 122 cm³/mol. The number of benzene rings is 1. The first-order valence-electron chi connectivity index (χ1n) is 11.8. The van der Waals surface area contributed by atoms with Crippen molar-refractivity contribution in [3.8, 4) is 5.75 Å². The number of hydrogen-bond donors (Lipinski definition) is 1. The van der Waals surface area contributed by atoms with Gasteiger partial charge in [-0.15, -0.1) is 0 Å². The lowest BCUT2D eigenvalue weighted by atomic mass is 9.92. The molecule has 0 bridgehead atoms. The molecule has 0 saturated carbocycles. The van der Waals surface area contributed by atoms with Crippen molar-refractivity contribution < 1.29 is 23.1 Å². The topological polar surface area (TPSA) is 65.1 Å². The number of amides is 2. The average Bonchev–Trinajstić information content (AvgIpc) is 2.75. The number of rotatable bonds is 9. The third kappa shape index (κ3) is 8.55. The van der Waals surface area contributed by atoms with Crippen molar-refractivity contribution in [2.45, 2.75) is 33.3 Å². The van der Waals surface area contributed by atoms with Gasteiger partial charge >= 0.3 is 6.61 Å². The van der Waals surface area contributed by atoms with Crippen LogP contribution in [0.3, 0.4) is 0 Å². The van der Waals surface area contributed by atoms with Crippen LogP contribution < -0.4 is 10.1 Å². The first-order valence-corrected chi connectivity index (χ1v) is 11.8. The number of nitrogens with zero attached hydrogens (tertiary/aromatic N) is 3. The van der Waals surface area contributed by atoms with E-state index in [0.29, 0.717) is 37.9 Å². The van der Waals surface area contributed by atoms with Crippen LogP contribution in [0.25, 0.3) is 0 Å². The first-order chi connectivity index (χ1) is 15.8. The minimum absolute atomic E-state index is 0.0338. The van der Waals surface area contributed by atoms with Crippen LogP contribution in [0.2, 0.25) is 0 Å². The Morgan fingerprint density at radius 1 is 1.00 bits per heavy atom.